The van der Waals surface area contributed by atoms with Crippen molar-refractivity contribution in [3.63, 3.8) is 0 Å². The Hall–Kier alpha value is -4.88. The molecule has 0 N–H and O–H groups in total. The van der Waals surface area contributed by atoms with E-state index in [0.29, 0.717) is 0 Å². The molecule has 0 spiro atoms. The summed E-state index contributed by atoms with van der Waals surface area (Å²) in [7, 11) is 0. The van der Waals surface area contributed by atoms with Gasteiger partial charge in [0.2, 0.25) is 0 Å². The Morgan fingerprint density at radius 3 is 1.55 bits per heavy atom. The van der Waals surface area contributed by atoms with Gasteiger partial charge in [-0.3, -0.25) is 0 Å². The molecule has 0 unspecified atom stereocenters. The second kappa shape index (κ2) is 11.3. The summed E-state index contributed by atoms with van der Waals surface area (Å²) in [5.41, 5.74) is 19.8. The molecular formula is C50H51N. The summed E-state index contributed by atoms with van der Waals surface area (Å²) in [6.07, 6.45) is 0. The summed E-state index contributed by atoms with van der Waals surface area (Å²) in [5, 5.41) is 0. The molecule has 0 fully saturated rings. The quantitative estimate of drug-likeness (QED) is 0.181. The highest BCUT2D eigenvalue weighted by molar-refractivity contribution is 5.91. The summed E-state index contributed by atoms with van der Waals surface area (Å²) in [4.78, 5) is 2.47. The lowest BCUT2D eigenvalue weighted by Crippen LogP contribution is -2.21. The Bertz CT molecular complexity index is 2300. The van der Waals surface area contributed by atoms with Crippen molar-refractivity contribution in [2.45, 2.75) is 90.9 Å². The molecule has 0 saturated carbocycles. The fraction of sp³-hybridized carbons (Fsp3) is 0.280. The van der Waals surface area contributed by atoms with Crippen molar-refractivity contribution in [3.05, 3.63) is 161 Å². The van der Waals surface area contributed by atoms with E-state index in [1.165, 1.54) is 78.1 Å². The van der Waals surface area contributed by atoms with E-state index in [-0.39, 0.29) is 21.7 Å². The highest BCUT2D eigenvalue weighted by Gasteiger charge is 2.41. The minimum Gasteiger partial charge on any atom is -0.310 e. The van der Waals surface area contributed by atoms with Gasteiger partial charge in [0.15, 0.2) is 0 Å². The molecule has 2 aliphatic carbocycles. The Morgan fingerprint density at radius 1 is 0.412 bits per heavy atom. The van der Waals surface area contributed by atoms with Crippen LogP contribution in [-0.2, 0) is 21.7 Å². The predicted molar refractivity (Wildman–Crippen MR) is 219 cm³/mol. The zero-order valence-corrected chi connectivity index (χ0v) is 32.1. The third-order valence-electron chi connectivity index (χ3n) is 11.7. The van der Waals surface area contributed by atoms with Crippen LogP contribution in [0.3, 0.4) is 0 Å². The molecular weight excluding hydrogens is 615 g/mol. The normalized spacial score (nSPS) is 15.2. The average Bonchev–Trinajstić information content (AvgIpc) is 3.47. The van der Waals surface area contributed by atoms with E-state index in [9.17, 15) is 0 Å². The molecule has 0 heterocycles. The van der Waals surface area contributed by atoms with Crippen molar-refractivity contribution in [2.24, 2.45) is 0 Å². The fourth-order valence-corrected chi connectivity index (χ4v) is 8.75. The molecule has 0 atom stereocenters. The molecule has 6 aromatic carbocycles. The third-order valence-corrected chi connectivity index (χ3v) is 11.7. The second-order valence-corrected chi connectivity index (χ2v) is 18.0. The Morgan fingerprint density at radius 2 is 0.922 bits per heavy atom. The van der Waals surface area contributed by atoms with Crippen LogP contribution in [0, 0.1) is 0 Å². The van der Waals surface area contributed by atoms with Crippen molar-refractivity contribution in [2.75, 3.05) is 4.90 Å². The lowest BCUT2D eigenvalue weighted by Gasteiger charge is -2.30. The number of nitrogens with zero attached hydrogens (tertiary/aromatic N) is 1. The van der Waals surface area contributed by atoms with Gasteiger partial charge in [-0.2, -0.15) is 0 Å². The summed E-state index contributed by atoms with van der Waals surface area (Å²) < 4.78 is 0. The summed E-state index contributed by atoms with van der Waals surface area (Å²) in [5.74, 6) is 0. The van der Waals surface area contributed by atoms with Gasteiger partial charge < -0.3 is 4.90 Å². The highest BCUT2D eigenvalue weighted by atomic mass is 15.1. The SMILES string of the molecule is CC(C)(C)c1cc(C(C)(C)C)c2c(c1)C(C)(C)c1ccc(N(c3ccc(-c4ccccc4)cc3)c3ccc4c(c3)-c3ccccc3C4(C)C)cc1-2. The zero-order chi connectivity index (χ0) is 36.1. The lowest BCUT2D eigenvalue weighted by atomic mass is 9.74. The van der Waals surface area contributed by atoms with Gasteiger partial charge >= 0.3 is 0 Å². The van der Waals surface area contributed by atoms with E-state index < -0.39 is 0 Å². The van der Waals surface area contributed by atoms with Crippen molar-refractivity contribution >= 4 is 17.1 Å². The Kier molecular flexibility index (Phi) is 7.38. The maximum Gasteiger partial charge on any atom is 0.0468 e. The van der Waals surface area contributed by atoms with Crippen LogP contribution in [0.4, 0.5) is 17.1 Å². The van der Waals surface area contributed by atoms with Gasteiger partial charge in [0.05, 0.1) is 0 Å². The maximum atomic E-state index is 2.50. The van der Waals surface area contributed by atoms with Crippen molar-refractivity contribution < 1.29 is 0 Å². The van der Waals surface area contributed by atoms with Gasteiger partial charge in [-0.05, 0) is 114 Å². The lowest BCUT2D eigenvalue weighted by molar-refractivity contribution is 0.564. The standard InChI is InChI=1S/C50H51N/c1-47(2,3)34-28-44(48(4,5)6)46-40-31-37(25-27-43(40)50(9,10)45(46)29-34)51(35-22-20-33(21-23-35)32-16-12-11-13-17-32)36-24-26-42-39(30-36)38-18-14-15-19-41(38)49(42,7)8/h11-31H,1-10H3. The van der Waals surface area contributed by atoms with Gasteiger partial charge in [0.1, 0.15) is 0 Å². The van der Waals surface area contributed by atoms with Gasteiger partial charge in [0, 0.05) is 27.9 Å². The molecule has 1 heteroatoms. The van der Waals surface area contributed by atoms with Crippen LogP contribution < -0.4 is 4.90 Å². The number of fused-ring (bicyclic) bond motifs is 6. The van der Waals surface area contributed by atoms with E-state index >= 15 is 0 Å². The molecule has 2 aliphatic rings. The van der Waals surface area contributed by atoms with Crippen LogP contribution in [-0.4, -0.2) is 0 Å². The molecule has 8 rings (SSSR count). The minimum atomic E-state index is -0.102. The first kappa shape index (κ1) is 33.3. The number of hydrogen-bond donors (Lipinski definition) is 0. The van der Waals surface area contributed by atoms with Crippen molar-refractivity contribution in [1.29, 1.82) is 0 Å². The van der Waals surface area contributed by atoms with E-state index in [0.717, 1.165) is 5.69 Å². The number of rotatable bonds is 4. The summed E-state index contributed by atoms with van der Waals surface area (Å²) >= 11 is 0. The molecule has 1 nitrogen and oxygen atoms in total. The predicted octanol–water partition coefficient (Wildman–Crippen LogP) is 14.0. The van der Waals surface area contributed by atoms with E-state index in [1.54, 1.807) is 0 Å². The summed E-state index contributed by atoms with van der Waals surface area (Å²) in [6.45, 7) is 23.7. The van der Waals surface area contributed by atoms with Crippen LogP contribution in [0.1, 0.15) is 103 Å². The van der Waals surface area contributed by atoms with Crippen LogP contribution in [0.2, 0.25) is 0 Å². The third kappa shape index (κ3) is 5.27. The number of benzene rings is 6. The molecule has 6 aromatic rings. The monoisotopic (exact) mass is 665 g/mol. The number of anilines is 3. The topological polar surface area (TPSA) is 3.24 Å². The largest absolute Gasteiger partial charge is 0.310 e. The molecule has 256 valence electrons. The minimum absolute atomic E-state index is 0.00776. The molecule has 0 amide bonds. The first-order valence-electron chi connectivity index (χ1n) is 18.6. The Labute approximate surface area is 306 Å². The number of hydrogen-bond acceptors (Lipinski definition) is 1. The van der Waals surface area contributed by atoms with Gasteiger partial charge in [-0.1, -0.05) is 160 Å². The van der Waals surface area contributed by atoms with Crippen LogP contribution >= 0.6 is 0 Å². The smallest absolute Gasteiger partial charge is 0.0468 e. The van der Waals surface area contributed by atoms with Gasteiger partial charge in [-0.15, -0.1) is 0 Å². The second-order valence-electron chi connectivity index (χ2n) is 18.0. The Balaban J connectivity index is 1.35. The zero-order valence-electron chi connectivity index (χ0n) is 32.1. The maximum absolute atomic E-state index is 2.50. The van der Waals surface area contributed by atoms with Crippen molar-refractivity contribution in [1.82, 2.24) is 0 Å². The fourth-order valence-electron chi connectivity index (χ4n) is 8.75. The molecule has 0 aliphatic heterocycles. The molecule has 0 radical (unpaired) electrons. The summed E-state index contributed by atoms with van der Waals surface area (Å²) in [6, 6.07) is 48.1. The van der Waals surface area contributed by atoms with Gasteiger partial charge in [0.25, 0.3) is 0 Å². The molecule has 0 bridgehead atoms. The van der Waals surface area contributed by atoms with Crippen LogP contribution in [0.5, 0.6) is 0 Å². The highest BCUT2D eigenvalue weighted by Crippen LogP contribution is 2.55. The first-order valence-corrected chi connectivity index (χ1v) is 18.6. The van der Waals surface area contributed by atoms with Crippen LogP contribution in [0.15, 0.2) is 127 Å². The van der Waals surface area contributed by atoms with E-state index in [1.807, 2.05) is 0 Å². The van der Waals surface area contributed by atoms with Crippen molar-refractivity contribution in [3.8, 4) is 33.4 Å². The molecule has 0 saturated heterocycles. The average molecular weight is 666 g/mol. The molecule has 0 aromatic heterocycles. The van der Waals surface area contributed by atoms with Gasteiger partial charge in [-0.25, -0.2) is 0 Å². The van der Waals surface area contributed by atoms with E-state index in [2.05, 4.69) is 202 Å². The van der Waals surface area contributed by atoms with Crippen LogP contribution in [0.25, 0.3) is 33.4 Å². The first-order chi connectivity index (χ1) is 24.1. The van der Waals surface area contributed by atoms with E-state index in [4.69, 9.17) is 0 Å². The molecule has 51 heavy (non-hydrogen) atoms.